The van der Waals surface area contributed by atoms with Crippen molar-refractivity contribution in [3.05, 3.63) is 36.0 Å². The van der Waals surface area contributed by atoms with Gasteiger partial charge in [0.25, 0.3) is 0 Å². The fourth-order valence-electron chi connectivity index (χ4n) is 3.83. The maximum atomic E-state index is 12.5. The van der Waals surface area contributed by atoms with Crippen LogP contribution in [0, 0.1) is 5.92 Å². The summed E-state index contributed by atoms with van der Waals surface area (Å²) >= 11 is 0. The first-order chi connectivity index (χ1) is 11.7. The summed E-state index contributed by atoms with van der Waals surface area (Å²) in [6.07, 6.45) is 2.71. The van der Waals surface area contributed by atoms with E-state index in [0.717, 1.165) is 54.6 Å². The molecule has 0 bridgehead atoms. The van der Waals surface area contributed by atoms with Crippen molar-refractivity contribution in [2.45, 2.75) is 25.2 Å². The van der Waals surface area contributed by atoms with E-state index in [2.05, 4.69) is 0 Å². The first-order valence-corrected chi connectivity index (χ1v) is 8.74. The van der Waals surface area contributed by atoms with Crippen molar-refractivity contribution in [1.29, 1.82) is 0 Å². The number of rotatable bonds is 2. The second-order valence-corrected chi connectivity index (χ2v) is 6.82. The highest BCUT2D eigenvalue weighted by Crippen LogP contribution is 2.33. The van der Waals surface area contributed by atoms with Crippen LogP contribution < -0.4 is 5.73 Å². The molecular formula is C19H23N3O2. The van der Waals surface area contributed by atoms with Gasteiger partial charge in [0.15, 0.2) is 0 Å². The summed E-state index contributed by atoms with van der Waals surface area (Å²) in [6.45, 7) is 2.87. The number of anilines is 1. The zero-order valence-corrected chi connectivity index (χ0v) is 13.8. The van der Waals surface area contributed by atoms with Crippen LogP contribution in [0.4, 0.5) is 5.69 Å². The molecule has 0 spiro atoms. The number of fused-ring (bicyclic) bond motifs is 1. The molecule has 0 radical (unpaired) electrons. The lowest BCUT2D eigenvalue weighted by Crippen LogP contribution is -2.41. The summed E-state index contributed by atoms with van der Waals surface area (Å²) in [5.74, 6) is 0.647. The molecule has 126 valence electrons. The minimum absolute atomic E-state index is 0.0606. The normalized spacial score (nSPS) is 22.2. The lowest BCUT2D eigenvalue weighted by atomic mass is 9.91. The molecule has 2 fully saturated rings. The molecule has 2 aromatic rings. The molecule has 5 heteroatoms. The summed E-state index contributed by atoms with van der Waals surface area (Å²) < 4.78 is 5.34. The number of nitrogen functional groups attached to an aromatic ring is 1. The Bertz CT molecular complexity index is 747. The van der Waals surface area contributed by atoms with Gasteiger partial charge in [-0.1, -0.05) is 18.2 Å². The quantitative estimate of drug-likeness (QED) is 0.921. The molecule has 24 heavy (non-hydrogen) atoms. The van der Waals surface area contributed by atoms with Crippen LogP contribution in [0.15, 0.2) is 30.3 Å². The summed E-state index contributed by atoms with van der Waals surface area (Å²) in [7, 11) is 0. The van der Waals surface area contributed by atoms with Gasteiger partial charge >= 0.3 is 0 Å². The van der Waals surface area contributed by atoms with Crippen LogP contribution in [0.1, 0.15) is 30.9 Å². The molecule has 1 amide bonds. The number of aromatic nitrogens is 1. The topological polar surface area (TPSA) is 68.5 Å². The maximum Gasteiger partial charge on any atom is 0.228 e. The highest BCUT2D eigenvalue weighted by molar-refractivity contribution is 5.82. The van der Waals surface area contributed by atoms with Crippen LogP contribution in [0.5, 0.6) is 0 Å². The average molecular weight is 325 g/mol. The molecule has 2 aliphatic rings. The highest BCUT2D eigenvalue weighted by atomic mass is 16.5. The Morgan fingerprint density at radius 3 is 2.75 bits per heavy atom. The number of amides is 1. The Balaban J connectivity index is 1.47. The van der Waals surface area contributed by atoms with Crippen LogP contribution in [-0.4, -0.2) is 42.1 Å². The lowest BCUT2D eigenvalue weighted by molar-refractivity contribution is -0.136. The Morgan fingerprint density at radius 1 is 1.21 bits per heavy atom. The van der Waals surface area contributed by atoms with E-state index in [9.17, 15) is 4.79 Å². The summed E-state index contributed by atoms with van der Waals surface area (Å²) in [6, 6.07) is 10.1. The predicted molar refractivity (Wildman–Crippen MR) is 93.6 cm³/mol. The number of likely N-dealkylation sites (tertiary alicyclic amines) is 1. The molecule has 0 saturated carbocycles. The van der Waals surface area contributed by atoms with Crippen molar-refractivity contribution in [3.8, 4) is 0 Å². The zero-order chi connectivity index (χ0) is 16.5. The van der Waals surface area contributed by atoms with E-state index in [-0.39, 0.29) is 11.8 Å². The molecule has 3 heterocycles. The fourth-order valence-corrected chi connectivity index (χ4v) is 3.83. The third-order valence-electron chi connectivity index (χ3n) is 5.26. The van der Waals surface area contributed by atoms with Gasteiger partial charge in [-0.15, -0.1) is 0 Å². The van der Waals surface area contributed by atoms with Gasteiger partial charge in [-0.25, -0.2) is 0 Å². The van der Waals surface area contributed by atoms with Gasteiger partial charge < -0.3 is 15.4 Å². The van der Waals surface area contributed by atoms with Crippen LogP contribution in [0.25, 0.3) is 10.9 Å². The van der Waals surface area contributed by atoms with E-state index in [4.69, 9.17) is 15.5 Å². The zero-order valence-electron chi connectivity index (χ0n) is 13.8. The first-order valence-electron chi connectivity index (χ1n) is 8.74. The Labute approximate surface area is 141 Å². The van der Waals surface area contributed by atoms with Gasteiger partial charge in [-0.2, -0.15) is 0 Å². The molecular weight excluding hydrogens is 302 g/mol. The third kappa shape index (κ3) is 2.84. The van der Waals surface area contributed by atoms with E-state index in [0.29, 0.717) is 19.1 Å². The van der Waals surface area contributed by atoms with Crippen molar-refractivity contribution in [2.75, 3.05) is 32.0 Å². The van der Waals surface area contributed by atoms with Gasteiger partial charge in [0.1, 0.15) is 0 Å². The van der Waals surface area contributed by atoms with Crippen LogP contribution in [0.2, 0.25) is 0 Å². The van der Waals surface area contributed by atoms with Crippen LogP contribution in [-0.2, 0) is 9.53 Å². The summed E-state index contributed by atoms with van der Waals surface area (Å²) in [5.41, 5.74) is 9.00. The van der Waals surface area contributed by atoms with E-state index >= 15 is 0 Å². The number of benzene rings is 1. The number of ether oxygens (including phenoxy) is 1. The molecule has 1 aromatic carbocycles. The molecule has 1 aromatic heterocycles. The molecule has 5 nitrogen and oxygen atoms in total. The average Bonchev–Trinajstić information content (AvgIpc) is 3.15. The summed E-state index contributed by atoms with van der Waals surface area (Å²) in [5, 5.41) is 1.08. The molecule has 1 atom stereocenters. The minimum Gasteiger partial charge on any atom is -0.397 e. The van der Waals surface area contributed by atoms with Gasteiger partial charge in [0, 0.05) is 31.0 Å². The first kappa shape index (κ1) is 15.4. The number of pyridine rings is 1. The van der Waals surface area contributed by atoms with Crippen molar-refractivity contribution >= 4 is 22.5 Å². The predicted octanol–water partition coefficient (Wildman–Crippen LogP) is 2.56. The molecule has 2 aliphatic heterocycles. The second kappa shape index (κ2) is 6.40. The number of para-hydroxylation sites is 1. The minimum atomic E-state index is 0.0606. The molecule has 2 N–H and O–H groups in total. The Morgan fingerprint density at radius 2 is 2.00 bits per heavy atom. The molecule has 2 saturated heterocycles. The molecule has 0 aliphatic carbocycles. The van der Waals surface area contributed by atoms with Gasteiger partial charge in [-0.3, -0.25) is 9.78 Å². The number of hydrogen-bond acceptors (Lipinski definition) is 4. The number of carbonyl (C=O) groups is 1. The van der Waals surface area contributed by atoms with Crippen LogP contribution >= 0.6 is 0 Å². The molecule has 4 rings (SSSR count). The molecule has 1 unspecified atom stereocenters. The summed E-state index contributed by atoms with van der Waals surface area (Å²) in [4.78, 5) is 19.3. The monoisotopic (exact) mass is 325 g/mol. The largest absolute Gasteiger partial charge is 0.397 e. The van der Waals surface area contributed by atoms with Gasteiger partial charge in [0.2, 0.25) is 5.91 Å². The standard InChI is InChI=1S/C19H23N3O2/c20-16-11-14-3-1-2-4-17(14)21-18(16)13-5-8-22(9-6-13)19(23)15-7-10-24-12-15/h1-4,11,13,15H,5-10,12,20H2. The number of nitrogens with zero attached hydrogens (tertiary/aromatic N) is 2. The third-order valence-corrected chi connectivity index (χ3v) is 5.26. The maximum absolute atomic E-state index is 12.5. The van der Waals surface area contributed by atoms with E-state index in [1.807, 2.05) is 35.2 Å². The van der Waals surface area contributed by atoms with Crippen molar-refractivity contribution in [3.63, 3.8) is 0 Å². The smallest absolute Gasteiger partial charge is 0.228 e. The Hall–Kier alpha value is -2.14. The van der Waals surface area contributed by atoms with Crippen LogP contribution in [0.3, 0.4) is 0 Å². The van der Waals surface area contributed by atoms with Crippen molar-refractivity contribution in [1.82, 2.24) is 9.88 Å². The SMILES string of the molecule is Nc1cc2ccccc2nc1C1CCN(C(=O)C2CCOC2)CC1. The fraction of sp³-hybridized carbons (Fsp3) is 0.474. The van der Waals surface area contributed by atoms with E-state index in [1.165, 1.54) is 0 Å². The van der Waals surface area contributed by atoms with E-state index < -0.39 is 0 Å². The van der Waals surface area contributed by atoms with E-state index in [1.54, 1.807) is 0 Å². The number of nitrogens with two attached hydrogens (primary N) is 1. The second-order valence-electron chi connectivity index (χ2n) is 6.82. The number of carbonyl (C=O) groups excluding carboxylic acids is 1. The van der Waals surface area contributed by atoms with Crippen molar-refractivity contribution < 1.29 is 9.53 Å². The number of hydrogen-bond donors (Lipinski definition) is 1. The lowest BCUT2D eigenvalue weighted by Gasteiger charge is -2.33. The van der Waals surface area contributed by atoms with Gasteiger partial charge in [0.05, 0.1) is 29.4 Å². The van der Waals surface area contributed by atoms with Crippen molar-refractivity contribution in [2.24, 2.45) is 5.92 Å². The van der Waals surface area contributed by atoms with Gasteiger partial charge in [-0.05, 0) is 31.4 Å². The number of piperidine rings is 1. The highest BCUT2D eigenvalue weighted by Gasteiger charge is 2.31. The Kier molecular flexibility index (Phi) is 4.10.